The minimum absolute atomic E-state index is 0.217. The molecule has 2 saturated heterocycles. The second-order valence-corrected chi connectivity index (χ2v) is 19.8. The highest BCUT2D eigenvalue weighted by molar-refractivity contribution is 7.90. The number of methoxy groups -OCH3 is 1. The van der Waals surface area contributed by atoms with Gasteiger partial charge in [0.05, 0.1) is 30.8 Å². The first-order valence-electron chi connectivity index (χ1n) is 20.6. The molecular weight excluding hydrogens is 736 g/mol. The van der Waals surface area contributed by atoms with Gasteiger partial charge in [-0.25, -0.2) is 13.1 Å². The number of likely N-dealkylation sites (tertiary alicyclic amines) is 1. The first-order chi connectivity index (χ1) is 26.5. The van der Waals surface area contributed by atoms with Gasteiger partial charge in [-0.05, 0) is 131 Å². The second-order valence-electron chi connectivity index (χ2n) is 17.3. The second kappa shape index (κ2) is 15.9. The Bertz CT molecular complexity index is 1860. The zero-order valence-corrected chi connectivity index (χ0v) is 34.4. The molecule has 1 saturated carbocycles. The van der Waals surface area contributed by atoms with Gasteiger partial charge in [-0.15, -0.1) is 0 Å². The van der Waals surface area contributed by atoms with Gasteiger partial charge in [-0.3, -0.25) is 9.69 Å². The Morgan fingerprint density at radius 1 is 1.02 bits per heavy atom. The number of carbonyl (C=O) groups is 1. The smallest absolute Gasteiger partial charge is 0.264 e. The van der Waals surface area contributed by atoms with E-state index in [-0.39, 0.29) is 17.3 Å². The highest BCUT2D eigenvalue weighted by atomic mass is 35.5. The molecule has 0 radical (unpaired) electrons. The largest absolute Gasteiger partial charge is 0.490 e. The standard InChI is InChI=1S/C43H59ClN4O6S/c1-30-6-4-17-43(52-3,28-46-18-14-36(15-19-46)47-20-22-53-23-21-47)38-11-8-34(38)26-48-27-42(16-5-7-32-24-35(44)10-12-37(32)42)29-54-40-13-9-33(25-39(40)48)41(49)45-55(50,51)31(30)2/h4,9-10,12-13,17,24-25,30-31,34,36,38H,5-8,11,14-16,18-23,26-29H2,1-3H3,(H,45,49)/b17-4-/t30-,31+,34-,38+,42-,43+/m0/s1. The van der Waals surface area contributed by atoms with Crippen LogP contribution < -0.4 is 14.4 Å². The molecule has 4 heterocycles. The maximum atomic E-state index is 13.7. The molecule has 10 nitrogen and oxygen atoms in total. The molecular formula is C43H59ClN4O6S. The van der Waals surface area contributed by atoms with Crippen LogP contribution in [0.15, 0.2) is 48.6 Å². The van der Waals surface area contributed by atoms with Crippen molar-refractivity contribution in [1.82, 2.24) is 14.5 Å². The zero-order valence-electron chi connectivity index (χ0n) is 32.8. The van der Waals surface area contributed by atoms with Gasteiger partial charge in [-0.2, -0.15) is 0 Å². The average Bonchev–Trinajstić information content (AvgIpc) is 3.32. The van der Waals surface area contributed by atoms with E-state index in [9.17, 15) is 13.2 Å². The number of ether oxygens (including phenoxy) is 3. The third kappa shape index (κ3) is 7.83. The Morgan fingerprint density at radius 3 is 2.56 bits per heavy atom. The average molecular weight is 795 g/mol. The van der Waals surface area contributed by atoms with Crippen molar-refractivity contribution in [3.05, 3.63) is 70.3 Å². The van der Waals surface area contributed by atoms with Crippen molar-refractivity contribution in [3.63, 3.8) is 0 Å². The fraction of sp³-hybridized carbons (Fsp3) is 0.651. The molecule has 8 rings (SSSR count). The van der Waals surface area contributed by atoms with E-state index in [0.717, 1.165) is 120 Å². The molecule has 4 aliphatic heterocycles. The number of morpholine rings is 1. The van der Waals surface area contributed by atoms with Gasteiger partial charge in [0, 0.05) is 61.9 Å². The number of nitrogens with zero attached hydrogens (tertiary/aromatic N) is 3. The van der Waals surface area contributed by atoms with E-state index in [4.69, 9.17) is 25.8 Å². The number of rotatable bonds is 4. The van der Waals surface area contributed by atoms with E-state index in [0.29, 0.717) is 30.6 Å². The summed E-state index contributed by atoms with van der Waals surface area (Å²) in [4.78, 5) is 21.3. The lowest BCUT2D eigenvalue weighted by Gasteiger charge is -2.52. The van der Waals surface area contributed by atoms with Crippen molar-refractivity contribution >= 4 is 33.2 Å². The van der Waals surface area contributed by atoms with Gasteiger partial charge in [0.25, 0.3) is 5.91 Å². The first kappa shape index (κ1) is 39.2. The molecule has 1 spiro atoms. The summed E-state index contributed by atoms with van der Waals surface area (Å²) in [6.45, 7) is 12.2. The maximum Gasteiger partial charge on any atom is 0.264 e. The molecule has 6 aliphatic rings. The number of amides is 1. The van der Waals surface area contributed by atoms with Crippen molar-refractivity contribution in [3.8, 4) is 5.75 Å². The molecule has 300 valence electrons. The van der Waals surface area contributed by atoms with Crippen molar-refractivity contribution in [2.75, 3.05) is 77.6 Å². The Hall–Kier alpha value is -2.67. The van der Waals surface area contributed by atoms with Crippen LogP contribution in [0.3, 0.4) is 0 Å². The number of halogens is 1. The Labute approximate surface area is 332 Å². The molecule has 1 N–H and O–H groups in total. The Kier molecular flexibility index (Phi) is 11.3. The van der Waals surface area contributed by atoms with Crippen LogP contribution >= 0.6 is 11.6 Å². The van der Waals surface area contributed by atoms with E-state index < -0.39 is 26.8 Å². The summed E-state index contributed by atoms with van der Waals surface area (Å²) in [6, 6.07) is 12.3. The zero-order chi connectivity index (χ0) is 38.4. The van der Waals surface area contributed by atoms with Crippen LogP contribution in [-0.4, -0.2) is 114 Å². The molecule has 2 aromatic carbocycles. The number of nitrogens with one attached hydrogen (secondary N) is 1. The monoisotopic (exact) mass is 794 g/mol. The number of aryl methyl sites for hydroxylation is 1. The fourth-order valence-corrected chi connectivity index (χ4v) is 12.0. The summed E-state index contributed by atoms with van der Waals surface area (Å²) >= 11 is 6.52. The summed E-state index contributed by atoms with van der Waals surface area (Å²) < 4.78 is 48.8. The van der Waals surface area contributed by atoms with Crippen LogP contribution in [-0.2, 0) is 31.3 Å². The van der Waals surface area contributed by atoms with E-state index in [1.165, 1.54) is 11.1 Å². The van der Waals surface area contributed by atoms with Crippen LogP contribution in [0.4, 0.5) is 5.69 Å². The first-order valence-corrected chi connectivity index (χ1v) is 22.6. The lowest BCUT2D eigenvalue weighted by Crippen LogP contribution is -2.58. The number of hydrogen-bond donors (Lipinski definition) is 1. The molecule has 0 aromatic heterocycles. The lowest BCUT2D eigenvalue weighted by atomic mass is 9.63. The third-order valence-corrected chi connectivity index (χ3v) is 16.4. The predicted molar refractivity (Wildman–Crippen MR) is 217 cm³/mol. The molecule has 6 atom stereocenters. The third-order valence-electron chi connectivity index (χ3n) is 14.2. The number of carbonyl (C=O) groups excluding carboxylic acids is 1. The van der Waals surface area contributed by atoms with Crippen molar-refractivity contribution in [1.29, 1.82) is 0 Å². The molecule has 0 unspecified atom stereocenters. The summed E-state index contributed by atoms with van der Waals surface area (Å²) in [6.07, 6.45) is 12.4. The van der Waals surface area contributed by atoms with Gasteiger partial charge in [0.2, 0.25) is 10.0 Å². The van der Waals surface area contributed by atoms with Gasteiger partial charge < -0.3 is 24.0 Å². The molecule has 55 heavy (non-hydrogen) atoms. The van der Waals surface area contributed by atoms with E-state index >= 15 is 0 Å². The van der Waals surface area contributed by atoms with Crippen molar-refractivity contribution < 1.29 is 27.4 Å². The molecule has 2 aromatic rings. The summed E-state index contributed by atoms with van der Waals surface area (Å²) in [5.41, 5.74) is 2.92. The maximum absolute atomic E-state index is 13.7. The molecule has 12 heteroatoms. The number of piperidine rings is 1. The highest BCUT2D eigenvalue weighted by Crippen LogP contribution is 2.49. The molecule has 1 amide bonds. The topological polar surface area (TPSA) is 101 Å². The van der Waals surface area contributed by atoms with E-state index in [2.05, 4.69) is 43.7 Å². The number of sulfonamides is 1. The van der Waals surface area contributed by atoms with Crippen molar-refractivity contribution in [2.24, 2.45) is 17.8 Å². The van der Waals surface area contributed by atoms with E-state index in [1.54, 1.807) is 13.0 Å². The number of hydrogen-bond acceptors (Lipinski definition) is 9. The Morgan fingerprint density at radius 2 is 1.82 bits per heavy atom. The van der Waals surface area contributed by atoms with Crippen LogP contribution in [0, 0.1) is 17.8 Å². The van der Waals surface area contributed by atoms with Gasteiger partial charge >= 0.3 is 0 Å². The van der Waals surface area contributed by atoms with Crippen LogP contribution in [0.5, 0.6) is 5.75 Å². The minimum Gasteiger partial charge on any atom is -0.490 e. The van der Waals surface area contributed by atoms with Gasteiger partial charge in [-0.1, -0.05) is 36.7 Å². The predicted octanol–water partition coefficient (Wildman–Crippen LogP) is 6.07. The normalized spacial score (nSPS) is 34.0. The fourth-order valence-electron chi connectivity index (χ4n) is 10.5. The van der Waals surface area contributed by atoms with E-state index in [1.807, 2.05) is 32.2 Å². The number of anilines is 1. The van der Waals surface area contributed by atoms with Gasteiger partial charge in [0.1, 0.15) is 11.4 Å². The highest BCUT2D eigenvalue weighted by Gasteiger charge is 2.50. The quantitative estimate of drug-likeness (QED) is 0.370. The summed E-state index contributed by atoms with van der Waals surface area (Å²) in [7, 11) is -2.09. The number of allylic oxidation sites excluding steroid dienone is 1. The number of fused-ring (bicyclic) bond motifs is 4. The minimum atomic E-state index is -3.96. The van der Waals surface area contributed by atoms with Crippen LogP contribution in [0.1, 0.15) is 80.3 Å². The molecule has 2 aliphatic carbocycles. The van der Waals surface area contributed by atoms with Crippen LogP contribution in [0.25, 0.3) is 0 Å². The lowest BCUT2D eigenvalue weighted by molar-refractivity contribution is -0.0962. The summed E-state index contributed by atoms with van der Waals surface area (Å²) in [5.74, 6) is 0.498. The van der Waals surface area contributed by atoms with Crippen LogP contribution in [0.2, 0.25) is 5.02 Å². The molecule has 2 bridgehead atoms. The molecule has 3 fully saturated rings. The van der Waals surface area contributed by atoms with Crippen molar-refractivity contribution in [2.45, 2.75) is 87.5 Å². The summed E-state index contributed by atoms with van der Waals surface area (Å²) in [5, 5.41) is -0.0263. The van der Waals surface area contributed by atoms with Gasteiger partial charge in [0.15, 0.2) is 0 Å². The Balaban J connectivity index is 1.15. The SMILES string of the molecule is CO[C@@]1(CN2CCC(N3CCOCC3)CC2)/C=C\C[C@H](C)[C@@H](C)S(=O)(=O)NC(=O)c2ccc3c(c2)N(C[C@@H]2CC[C@H]21)C[C@@]1(CCCc2cc(Cl)ccc21)CO3. The number of benzene rings is 2.